The highest BCUT2D eigenvalue weighted by Crippen LogP contribution is 2.27. The van der Waals surface area contributed by atoms with Gasteiger partial charge in [-0.2, -0.15) is 4.98 Å². The van der Waals surface area contributed by atoms with E-state index in [1.807, 2.05) is 43.1 Å². The van der Waals surface area contributed by atoms with Crippen LogP contribution >= 0.6 is 0 Å². The van der Waals surface area contributed by atoms with Gasteiger partial charge in [0.2, 0.25) is 5.95 Å². The molecule has 206 valence electrons. The Morgan fingerprint density at radius 1 is 1.29 bits per heavy atom. The molecule has 2 amide bonds. The summed E-state index contributed by atoms with van der Waals surface area (Å²) in [5.74, 6) is 7.13. The number of likely N-dealkylation sites (N-methyl/N-ethyl adjacent to an activating group) is 2. The average Bonchev–Trinajstić information content (AvgIpc) is 2.94. The van der Waals surface area contributed by atoms with E-state index >= 15 is 0 Å². The molecule has 12 nitrogen and oxygen atoms in total. The monoisotopic (exact) mass is 525 g/mol. The standard InChI is InChI=1S/C26H39N9O3/c1-7-29-24-30-14-21-22(31-24)32(5)11-12-35(23(21)36)20-10-8-9-18(13-20)15-34(28)17-19(27)16-33(6)25(37)38-26(2,3)4/h8-10,13-14,17H,7,11-12,15-16,27-28H2,1-6H3,(H,29,30,31)/b19-17-. The lowest BCUT2D eigenvalue weighted by Gasteiger charge is -2.25. The summed E-state index contributed by atoms with van der Waals surface area (Å²) in [6.45, 7) is 9.67. The fourth-order valence-corrected chi connectivity index (χ4v) is 3.92. The van der Waals surface area contributed by atoms with Gasteiger partial charge in [0.05, 0.1) is 13.1 Å². The first kappa shape index (κ1) is 28.5. The molecule has 0 fully saturated rings. The quantitative estimate of drug-likeness (QED) is 0.347. The van der Waals surface area contributed by atoms with Crippen molar-refractivity contribution in [2.24, 2.45) is 11.6 Å². The zero-order chi connectivity index (χ0) is 28.0. The van der Waals surface area contributed by atoms with Crippen LogP contribution in [0.1, 0.15) is 43.6 Å². The number of hydrogen-bond acceptors (Lipinski definition) is 10. The molecule has 3 rings (SSSR count). The largest absolute Gasteiger partial charge is 0.444 e. The number of ether oxygens (including phenoxy) is 1. The summed E-state index contributed by atoms with van der Waals surface area (Å²) in [6.07, 6.45) is 2.68. The normalized spacial score (nSPS) is 14.1. The zero-order valence-electron chi connectivity index (χ0n) is 23.1. The third-order valence-electron chi connectivity index (χ3n) is 5.64. The Balaban J connectivity index is 1.71. The number of benzene rings is 1. The van der Waals surface area contributed by atoms with Crippen molar-refractivity contribution in [3.63, 3.8) is 0 Å². The van der Waals surface area contributed by atoms with E-state index in [1.165, 1.54) is 9.91 Å². The van der Waals surface area contributed by atoms with Crippen LogP contribution in [-0.2, 0) is 11.3 Å². The molecule has 0 atom stereocenters. The molecule has 0 radical (unpaired) electrons. The number of nitrogens with one attached hydrogen (secondary N) is 1. The number of rotatable bonds is 8. The van der Waals surface area contributed by atoms with Crippen LogP contribution in [0.25, 0.3) is 0 Å². The van der Waals surface area contributed by atoms with Gasteiger partial charge in [-0.25, -0.2) is 15.6 Å². The van der Waals surface area contributed by atoms with Crippen molar-refractivity contribution < 1.29 is 14.3 Å². The Bertz CT molecular complexity index is 1180. The van der Waals surface area contributed by atoms with Crippen molar-refractivity contribution in [3.05, 3.63) is 53.5 Å². The third kappa shape index (κ3) is 7.48. The van der Waals surface area contributed by atoms with Crippen LogP contribution in [0, 0.1) is 0 Å². The number of nitrogens with zero attached hydrogens (tertiary/aromatic N) is 6. The summed E-state index contributed by atoms with van der Waals surface area (Å²) in [4.78, 5) is 39.6. The first-order valence-corrected chi connectivity index (χ1v) is 12.5. The molecule has 5 N–H and O–H groups in total. The van der Waals surface area contributed by atoms with Gasteiger partial charge >= 0.3 is 6.09 Å². The number of aromatic nitrogens is 2. The van der Waals surface area contributed by atoms with Gasteiger partial charge in [-0.15, -0.1) is 0 Å². The maximum absolute atomic E-state index is 13.5. The minimum atomic E-state index is -0.594. The van der Waals surface area contributed by atoms with Crippen LogP contribution in [0.3, 0.4) is 0 Å². The van der Waals surface area contributed by atoms with Gasteiger partial charge in [0.15, 0.2) is 0 Å². The van der Waals surface area contributed by atoms with Crippen LogP contribution in [0.5, 0.6) is 0 Å². The van der Waals surface area contributed by atoms with E-state index in [2.05, 4.69) is 15.3 Å². The average molecular weight is 526 g/mol. The molecule has 0 bridgehead atoms. The maximum Gasteiger partial charge on any atom is 0.410 e. The van der Waals surface area contributed by atoms with Crippen molar-refractivity contribution in [2.45, 2.75) is 39.8 Å². The van der Waals surface area contributed by atoms with Gasteiger partial charge in [0, 0.05) is 57.5 Å². The van der Waals surface area contributed by atoms with Gasteiger partial charge < -0.3 is 35.5 Å². The fraction of sp³-hybridized carbons (Fsp3) is 0.462. The number of hydrogen-bond donors (Lipinski definition) is 3. The number of fused-ring (bicyclic) bond motifs is 1. The Labute approximate surface area is 224 Å². The minimum absolute atomic E-state index is 0.162. The van der Waals surface area contributed by atoms with Crippen LogP contribution in [0.15, 0.2) is 42.4 Å². The Morgan fingerprint density at radius 3 is 2.71 bits per heavy atom. The SMILES string of the molecule is CCNc1ncc2c(n1)N(C)CCN(c1cccc(CN(N)/C=C(\N)CN(C)C(=O)OC(C)(C)C)c1)C2=O. The second kappa shape index (κ2) is 12.0. The molecule has 0 spiro atoms. The molecule has 1 aromatic heterocycles. The molecule has 0 aliphatic carbocycles. The van der Waals surface area contributed by atoms with Gasteiger partial charge in [-0.3, -0.25) is 4.79 Å². The number of anilines is 3. The lowest BCUT2D eigenvalue weighted by Crippen LogP contribution is -2.37. The van der Waals surface area contributed by atoms with Gasteiger partial charge in [0.1, 0.15) is 17.0 Å². The van der Waals surface area contributed by atoms with Crippen molar-refractivity contribution in [1.29, 1.82) is 0 Å². The zero-order valence-corrected chi connectivity index (χ0v) is 23.1. The molecule has 0 saturated heterocycles. The van der Waals surface area contributed by atoms with E-state index in [0.717, 1.165) is 11.3 Å². The van der Waals surface area contributed by atoms with Crippen LogP contribution in [0.4, 0.5) is 22.2 Å². The number of amides is 2. The number of carbonyl (C=O) groups excluding carboxylic acids is 2. The molecule has 2 aromatic rings. The molecule has 1 aliphatic heterocycles. The van der Waals surface area contributed by atoms with E-state index in [-0.39, 0.29) is 12.5 Å². The fourth-order valence-electron chi connectivity index (χ4n) is 3.92. The summed E-state index contributed by atoms with van der Waals surface area (Å²) in [5.41, 5.74) is 8.01. The third-order valence-corrected chi connectivity index (χ3v) is 5.64. The predicted molar refractivity (Wildman–Crippen MR) is 148 cm³/mol. The molecule has 1 aliphatic rings. The van der Waals surface area contributed by atoms with Crippen LogP contribution in [-0.4, -0.2) is 77.8 Å². The number of nitrogens with two attached hydrogens (primary N) is 2. The summed E-state index contributed by atoms with van der Waals surface area (Å²) in [7, 11) is 3.52. The maximum atomic E-state index is 13.5. The first-order chi connectivity index (χ1) is 17.9. The smallest absolute Gasteiger partial charge is 0.410 e. The van der Waals surface area contributed by atoms with Crippen molar-refractivity contribution in [3.8, 4) is 0 Å². The highest BCUT2D eigenvalue weighted by Gasteiger charge is 2.28. The summed E-state index contributed by atoms with van der Waals surface area (Å²) in [5, 5.41) is 4.54. The van der Waals surface area contributed by atoms with E-state index in [4.69, 9.17) is 16.3 Å². The minimum Gasteiger partial charge on any atom is -0.444 e. The number of carbonyl (C=O) groups is 2. The van der Waals surface area contributed by atoms with Crippen molar-refractivity contribution in [2.75, 3.05) is 55.4 Å². The van der Waals surface area contributed by atoms with E-state index in [9.17, 15) is 9.59 Å². The van der Waals surface area contributed by atoms with Crippen molar-refractivity contribution >= 4 is 29.5 Å². The highest BCUT2D eigenvalue weighted by molar-refractivity contribution is 6.09. The second-order valence-electron chi connectivity index (χ2n) is 10.2. The molecule has 38 heavy (non-hydrogen) atoms. The molecular weight excluding hydrogens is 486 g/mol. The van der Waals surface area contributed by atoms with E-state index in [1.54, 1.807) is 45.1 Å². The van der Waals surface area contributed by atoms with E-state index in [0.29, 0.717) is 49.2 Å². The molecule has 2 heterocycles. The molecule has 1 aromatic carbocycles. The predicted octanol–water partition coefficient (Wildman–Crippen LogP) is 2.35. The second-order valence-corrected chi connectivity index (χ2v) is 10.2. The van der Waals surface area contributed by atoms with Gasteiger partial charge in [-0.05, 0) is 45.4 Å². The topological polar surface area (TPSA) is 146 Å². The van der Waals surface area contributed by atoms with Gasteiger partial charge in [0.25, 0.3) is 5.91 Å². The van der Waals surface area contributed by atoms with E-state index < -0.39 is 11.7 Å². The first-order valence-electron chi connectivity index (χ1n) is 12.5. The molecule has 12 heteroatoms. The summed E-state index contributed by atoms with van der Waals surface area (Å²) < 4.78 is 5.35. The lowest BCUT2D eigenvalue weighted by molar-refractivity contribution is 0.0312. The molecule has 0 unspecified atom stereocenters. The Hall–Kier alpha value is -4.06. The van der Waals surface area contributed by atoms with Crippen LogP contribution < -0.4 is 26.7 Å². The Morgan fingerprint density at radius 2 is 2.03 bits per heavy atom. The molecular formula is C26H39N9O3. The summed E-state index contributed by atoms with van der Waals surface area (Å²) >= 11 is 0. The Kier molecular flexibility index (Phi) is 9.00. The van der Waals surface area contributed by atoms with Gasteiger partial charge in [-0.1, -0.05) is 12.1 Å². The number of hydrazine groups is 1. The highest BCUT2D eigenvalue weighted by atomic mass is 16.6. The summed E-state index contributed by atoms with van der Waals surface area (Å²) in [6, 6.07) is 7.62. The molecule has 0 saturated carbocycles. The van der Waals surface area contributed by atoms with Crippen LogP contribution in [0.2, 0.25) is 0 Å². The lowest BCUT2D eigenvalue weighted by atomic mass is 10.1. The van der Waals surface area contributed by atoms with Crippen molar-refractivity contribution in [1.82, 2.24) is 19.9 Å².